The summed E-state index contributed by atoms with van der Waals surface area (Å²) < 4.78 is 0. The number of hydrogen-bond donors (Lipinski definition) is 1. The summed E-state index contributed by atoms with van der Waals surface area (Å²) in [6.45, 7) is 4.21. The van der Waals surface area contributed by atoms with Crippen LogP contribution >= 0.6 is 0 Å². The minimum absolute atomic E-state index is 0.118. The molecule has 1 aliphatic carbocycles. The molecule has 1 aromatic rings. The van der Waals surface area contributed by atoms with Gasteiger partial charge in [0.1, 0.15) is 0 Å². The molecule has 1 saturated heterocycles. The Balaban J connectivity index is 1.84. The van der Waals surface area contributed by atoms with Gasteiger partial charge in [0, 0.05) is 30.4 Å². The van der Waals surface area contributed by atoms with Crippen LogP contribution < -0.4 is 4.90 Å². The highest BCUT2D eigenvalue weighted by atomic mass is 16.3. The van der Waals surface area contributed by atoms with E-state index in [4.69, 9.17) is 0 Å². The fourth-order valence-corrected chi connectivity index (χ4v) is 3.41. The minimum atomic E-state index is 0.118. The van der Waals surface area contributed by atoms with Crippen molar-refractivity contribution in [2.24, 2.45) is 11.3 Å². The normalized spacial score (nSPS) is 31.9. The third-order valence-corrected chi connectivity index (χ3v) is 4.42. The maximum absolute atomic E-state index is 9.68. The Bertz CT molecular complexity index is 423. The summed E-state index contributed by atoms with van der Waals surface area (Å²) in [5.41, 5.74) is 1.12. The fraction of sp³-hybridized carbons (Fsp3) is 0.692. The molecular formula is C13H19N3O. The highest BCUT2D eigenvalue weighted by Gasteiger charge is 2.49. The topological polar surface area (TPSA) is 49.2 Å². The summed E-state index contributed by atoms with van der Waals surface area (Å²) in [7, 11) is 0. The quantitative estimate of drug-likeness (QED) is 0.838. The van der Waals surface area contributed by atoms with E-state index in [1.54, 1.807) is 0 Å². The Morgan fingerprint density at radius 2 is 2.47 bits per heavy atom. The van der Waals surface area contributed by atoms with Crippen molar-refractivity contribution in [1.82, 2.24) is 9.97 Å². The molecule has 1 saturated carbocycles. The van der Waals surface area contributed by atoms with Crippen LogP contribution in [0.2, 0.25) is 0 Å². The lowest BCUT2D eigenvalue weighted by Crippen LogP contribution is -2.31. The van der Waals surface area contributed by atoms with Crippen molar-refractivity contribution in [3.63, 3.8) is 0 Å². The van der Waals surface area contributed by atoms with Crippen LogP contribution in [0.5, 0.6) is 0 Å². The second kappa shape index (κ2) is 3.95. The zero-order chi connectivity index (χ0) is 11.9. The van der Waals surface area contributed by atoms with Crippen LogP contribution in [0.1, 0.15) is 25.0 Å². The van der Waals surface area contributed by atoms with Gasteiger partial charge in [-0.05, 0) is 31.7 Å². The largest absolute Gasteiger partial charge is 0.396 e. The van der Waals surface area contributed by atoms with Crippen molar-refractivity contribution in [1.29, 1.82) is 0 Å². The molecule has 1 aromatic heterocycles. The predicted molar refractivity (Wildman–Crippen MR) is 65.8 cm³/mol. The smallest absolute Gasteiger partial charge is 0.225 e. The van der Waals surface area contributed by atoms with E-state index >= 15 is 0 Å². The van der Waals surface area contributed by atoms with E-state index in [0.717, 1.165) is 31.2 Å². The first kappa shape index (κ1) is 11.0. The first-order valence-electron chi connectivity index (χ1n) is 6.39. The van der Waals surface area contributed by atoms with Crippen molar-refractivity contribution in [3.8, 4) is 0 Å². The Morgan fingerprint density at radius 3 is 3.18 bits per heavy atom. The molecule has 0 bridgehead atoms. The maximum Gasteiger partial charge on any atom is 0.225 e. The Morgan fingerprint density at radius 1 is 1.59 bits per heavy atom. The number of hydrogen-bond acceptors (Lipinski definition) is 4. The molecule has 92 valence electrons. The number of rotatable bonds is 2. The summed E-state index contributed by atoms with van der Waals surface area (Å²) in [6.07, 6.45) is 5.46. The molecule has 2 heterocycles. The van der Waals surface area contributed by atoms with Gasteiger partial charge in [0.2, 0.25) is 5.95 Å². The van der Waals surface area contributed by atoms with Crippen LogP contribution in [0, 0.1) is 18.3 Å². The van der Waals surface area contributed by atoms with Gasteiger partial charge in [0.15, 0.2) is 0 Å². The molecule has 1 N–H and O–H groups in total. The molecule has 0 amide bonds. The summed E-state index contributed by atoms with van der Waals surface area (Å²) >= 11 is 0. The van der Waals surface area contributed by atoms with Crippen LogP contribution in [0.4, 0.5) is 5.95 Å². The van der Waals surface area contributed by atoms with Crippen molar-refractivity contribution in [2.75, 3.05) is 24.6 Å². The minimum Gasteiger partial charge on any atom is -0.396 e. The number of anilines is 1. The standard InChI is InChI=1S/C13H19N3O/c1-10-4-6-14-12(15-10)16-7-11-3-2-5-13(11,8-16)9-17/h4,6,11,17H,2-3,5,7-9H2,1H3. The average Bonchev–Trinajstić information content (AvgIpc) is 2.85. The fourth-order valence-electron chi connectivity index (χ4n) is 3.41. The van der Waals surface area contributed by atoms with Crippen molar-refractivity contribution < 1.29 is 5.11 Å². The number of nitrogens with zero attached hydrogens (tertiary/aromatic N) is 3. The second-order valence-electron chi connectivity index (χ2n) is 5.49. The molecule has 0 aromatic carbocycles. The number of fused-ring (bicyclic) bond motifs is 1. The molecule has 1 aliphatic heterocycles. The highest BCUT2D eigenvalue weighted by molar-refractivity contribution is 5.34. The van der Waals surface area contributed by atoms with Gasteiger partial charge in [-0.25, -0.2) is 9.97 Å². The van der Waals surface area contributed by atoms with Crippen molar-refractivity contribution in [3.05, 3.63) is 18.0 Å². The molecule has 17 heavy (non-hydrogen) atoms. The molecule has 4 heteroatoms. The van der Waals surface area contributed by atoms with E-state index in [1.165, 1.54) is 12.8 Å². The molecule has 3 rings (SSSR count). The number of aliphatic hydroxyl groups excluding tert-OH is 1. The summed E-state index contributed by atoms with van der Waals surface area (Å²) in [5, 5.41) is 9.68. The van der Waals surface area contributed by atoms with Crippen LogP contribution in [0.15, 0.2) is 12.3 Å². The van der Waals surface area contributed by atoms with E-state index in [1.807, 2.05) is 19.2 Å². The summed E-state index contributed by atoms with van der Waals surface area (Å²) in [4.78, 5) is 11.1. The van der Waals surface area contributed by atoms with E-state index in [0.29, 0.717) is 12.5 Å². The van der Waals surface area contributed by atoms with Gasteiger partial charge in [-0.2, -0.15) is 0 Å². The zero-order valence-electron chi connectivity index (χ0n) is 10.3. The lowest BCUT2D eigenvalue weighted by molar-refractivity contribution is 0.121. The molecule has 2 unspecified atom stereocenters. The number of aliphatic hydroxyl groups is 1. The molecular weight excluding hydrogens is 214 g/mol. The number of aromatic nitrogens is 2. The Labute approximate surface area is 102 Å². The van der Waals surface area contributed by atoms with Gasteiger partial charge in [0.25, 0.3) is 0 Å². The van der Waals surface area contributed by atoms with Crippen molar-refractivity contribution >= 4 is 5.95 Å². The zero-order valence-corrected chi connectivity index (χ0v) is 10.3. The van der Waals surface area contributed by atoms with Gasteiger partial charge in [-0.15, -0.1) is 0 Å². The summed E-state index contributed by atoms with van der Waals surface area (Å²) in [5.74, 6) is 1.45. The Hall–Kier alpha value is -1.16. The SMILES string of the molecule is Cc1ccnc(N2CC3CCCC3(CO)C2)n1. The predicted octanol–water partition coefficient (Wildman–Crippen LogP) is 1.38. The lowest BCUT2D eigenvalue weighted by Gasteiger charge is -2.25. The molecule has 2 aliphatic rings. The third-order valence-electron chi connectivity index (χ3n) is 4.42. The highest BCUT2D eigenvalue weighted by Crippen LogP contribution is 2.48. The van der Waals surface area contributed by atoms with Gasteiger partial charge in [0.05, 0.1) is 6.61 Å². The first-order chi connectivity index (χ1) is 8.23. The third kappa shape index (κ3) is 1.71. The van der Waals surface area contributed by atoms with Crippen LogP contribution in [-0.4, -0.2) is 34.8 Å². The van der Waals surface area contributed by atoms with E-state index < -0.39 is 0 Å². The van der Waals surface area contributed by atoms with Crippen LogP contribution in [0.25, 0.3) is 0 Å². The van der Waals surface area contributed by atoms with Gasteiger partial charge in [-0.3, -0.25) is 0 Å². The van der Waals surface area contributed by atoms with Gasteiger partial charge < -0.3 is 10.0 Å². The number of aryl methyl sites for hydroxylation is 1. The van der Waals surface area contributed by atoms with E-state index in [-0.39, 0.29) is 5.41 Å². The lowest BCUT2D eigenvalue weighted by atomic mass is 9.82. The molecule has 0 spiro atoms. The van der Waals surface area contributed by atoms with E-state index in [9.17, 15) is 5.11 Å². The van der Waals surface area contributed by atoms with Crippen LogP contribution in [-0.2, 0) is 0 Å². The van der Waals surface area contributed by atoms with E-state index in [2.05, 4.69) is 14.9 Å². The molecule has 4 nitrogen and oxygen atoms in total. The first-order valence-corrected chi connectivity index (χ1v) is 6.39. The Kier molecular flexibility index (Phi) is 2.54. The van der Waals surface area contributed by atoms with Crippen LogP contribution in [0.3, 0.4) is 0 Å². The summed E-state index contributed by atoms with van der Waals surface area (Å²) in [6, 6.07) is 1.92. The average molecular weight is 233 g/mol. The van der Waals surface area contributed by atoms with Crippen molar-refractivity contribution in [2.45, 2.75) is 26.2 Å². The maximum atomic E-state index is 9.68. The van der Waals surface area contributed by atoms with Gasteiger partial charge >= 0.3 is 0 Å². The second-order valence-corrected chi connectivity index (χ2v) is 5.49. The molecule has 2 fully saturated rings. The van der Waals surface area contributed by atoms with Gasteiger partial charge in [-0.1, -0.05) is 6.42 Å². The molecule has 0 radical (unpaired) electrons. The monoisotopic (exact) mass is 233 g/mol. The molecule has 2 atom stereocenters.